The van der Waals surface area contributed by atoms with Gasteiger partial charge in [-0.3, -0.25) is 0 Å². The predicted molar refractivity (Wildman–Crippen MR) is 98.5 cm³/mol. The van der Waals surface area contributed by atoms with E-state index in [1.54, 1.807) is 18.2 Å². The maximum Gasteiger partial charge on any atom is 0.276 e. The highest BCUT2D eigenvalue weighted by Crippen LogP contribution is 2.30. The van der Waals surface area contributed by atoms with Gasteiger partial charge in [-0.1, -0.05) is 17.7 Å². The highest BCUT2D eigenvalue weighted by atomic mass is 79.9. The van der Waals surface area contributed by atoms with Gasteiger partial charge in [0, 0.05) is 19.2 Å². The number of nitrogens with zero attached hydrogens (tertiary/aromatic N) is 2. The summed E-state index contributed by atoms with van der Waals surface area (Å²) < 4.78 is 36.2. The molecule has 0 bridgehead atoms. The molecule has 0 aliphatic carbocycles. The zero-order valence-electron chi connectivity index (χ0n) is 13.6. The van der Waals surface area contributed by atoms with Crippen LogP contribution in [0.4, 0.5) is 5.88 Å². The molecule has 0 unspecified atom stereocenters. The molecule has 9 heteroatoms. The molecule has 1 N–H and O–H groups in total. The SMILES string of the molecule is Cc1ccc(S(=O)(=O)N/N=C\c2cc(Br)c(N3CCOCC3)o2)cc1. The second-order valence-corrected chi connectivity index (χ2v) is 8.08. The van der Waals surface area contributed by atoms with Gasteiger partial charge in [0.05, 0.1) is 28.8 Å². The summed E-state index contributed by atoms with van der Waals surface area (Å²) in [6.45, 7) is 4.66. The van der Waals surface area contributed by atoms with Gasteiger partial charge in [-0.2, -0.15) is 18.4 Å². The van der Waals surface area contributed by atoms with Gasteiger partial charge in [-0.25, -0.2) is 0 Å². The van der Waals surface area contributed by atoms with Crippen LogP contribution in [0.2, 0.25) is 0 Å². The van der Waals surface area contributed by atoms with Crippen LogP contribution in [0.25, 0.3) is 0 Å². The van der Waals surface area contributed by atoms with E-state index in [1.165, 1.54) is 18.3 Å². The Hall–Kier alpha value is -1.84. The van der Waals surface area contributed by atoms with Crippen LogP contribution in [0.15, 0.2) is 49.2 Å². The fourth-order valence-corrected chi connectivity index (χ4v) is 3.70. The number of hydrogen-bond donors (Lipinski definition) is 1. The number of ether oxygens (including phenoxy) is 1. The Bertz CT molecular complexity index is 856. The minimum absolute atomic E-state index is 0.157. The zero-order chi connectivity index (χ0) is 17.9. The van der Waals surface area contributed by atoms with Crippen molar-refractivity contribution in [1.29, 1.82) is 0 Å². The molecule has 2 heterocycles. The largest absolute Gasteiger partial charge is 0.438 e. The summed E-state index contributed by atoms with van der Waals surface area (Å²) in [5, 5.41) is 3.79. The number of aryl methyl sites for hydroxylation is 1. The third-order valence-electron chi connectivity index (χ3n) is 3.68. The summed E-state index contributed by atoms with van der Waals surface area (Å²) in [5.41, 5.74) is 0.985. The minimum Gasteiger partial charge on any atom is -0.438 e. The molecule has 1 aliphatic heterocycles. The highest BCUT2D eigenvalue weighted by Gasteiger charge is 2.18. The Morgan fingerprint density at radius 1 is 1.24 bits per heavy atom. The fourth-order valence-electron chi connectivity index (χ4n) is 2.35. The van der Waals surface area contributed by atoms with Crippen molar-refractivity contribution in [3.63, 3.8) is 0 Å². The highest BCUT2D eigenvalue weighted by molar-refractivity contribution is 9.10. The number of rotatable bonds is 5. The van der Waals surface area contributed by atoms with Gasteiger partial charge in [0.15, 0.2) is 5.76 Å². The molecule has 0 radical (unpaired) electrons. The summed E-state index contributed by atoms with van der Waals surface area (Å²) in [6.07, 6.45) is 1.33. The predicted octanol–water partition coefficient (Wildman–Crippen LogP) is 2.50. The van der Waals surface area contributed by atoms with Gasteiger partial charge >= 0.3 is 0 Å². The van der Waals surface area contributed by atoms with Crippen LogP contribution in [0.1, 0.15) is 11.3 Å². The van der Waals surface area contributed by atoms with Crippen LogP contribution >= 0.6 is 15.9 Å². The average molecular weight is 428 g/mol. The lowest BCUT2D eigenvalue weighted by Gasteiger charge is -2.26. The van der Waals surface area contributed by atoms with E-state index in [-0.39, 0.29) is 4.90 Å². The summed E-state index contributed by atoms with van der Waals surface area (Å²) in [5.74, 6) is 1.13. The number of sulfonamides is 1. The summed E-state index contributed by atoms with van der Waals surface area (Å²) in [6, 6.07) is 8.28. The summed E-state index contributed by atoms with van der Waals surface area (Å²) >= 11 is 3.45. The van der Waals surface area contributed by atoms with Crippen LogP contribution < -0.4 is 9.73 Å². The fraction of sp³-hybridized carbons (Fsp3) is 0.312. The Morgan fingerprint density at radius 3 is 2.60 bits per heavy atom. The van der Waals surface area contributed by atoms with E-state index in [0.717, 1.165) is 23.1 Å². The number of hydrazone groups is 1. The first-order valence-corrected chi connectivity index (χ1v) is 9.97. The number of benzene rings is 1. The molecule has 1 aliphatic rings. The van der Waals surface area contributed by atoms with Gasteiger partial charge < -0.3 is 14.1 Å². The molecule has 3 rings (SSSR count). The van der Waals surface area contributed by atoms with E-state index in [2.05, 4.69) is 30.8 Å². The third kappa shape index (κ3) is 4.42. The van der Waals surface area contributed by atoms with Crippen molar-refractivity contribution in [2.75, 3.05) is 31.2 Å². The Labute approximate surface area is 154 Å². The van der Waals surface area contributed by atoms with E-state index >= 15 is 0 Å². The van der Waals surface area contributed by atoms with Crippen LogP contribution in [-0.4, -0.2) is 40.9 Å². The lowest BCUT2D eigenvalue weighted by atomic mass is 10.2. The number of anilines is 1. The Kier molecular flexibility index (Phi) is 5.45. The zero-order valence-corrected chi connectivity index (χ0v) is 16.0. The van der Waals surface area contributed by atoms with E-state index in [9.17, 15) is 8.42 Å². The van der Waals surface area contributed by atoms with Crippen molar-refractivity contribution < 1.29 is 17.6 Å². The van der Waals surface area contributed by atoms with Crippen LogP contribution in [0, 0.1) is 6.92 Å². The van der Waals surface area contributed by atoms with E-state index in [0.29, 0.717) is 24.9 Å². The van der Waals surface area contributed by atoms with E-state index in [4.69, 9.17) is 9.15 Å². The topological polar surface area (TPSA) is 84.1 Å². The smallest absolute Gasteiger partial charge is 0.276 e. The van der Waals surface area contributed by atoms with Gasteiger partial charge in [-0.05, 0) is 35.0 Å². The van der Waals surface area contributed by atoms with Crippen LogP contribution in [0.5, 0.6) is 0 Å². The number of hydrogen-bond acceptors (Lipinski definition) is 6. The normalized spacial score (nSPS) is 15.7. The number of morpholine rings is 1. The van der Waals surface area contributed by atoms with Crippen molar-refractivity contribution in [2.24, 2.45) is 5.10 Å². The first kappa shape index (κ1) is 18.0. The van der Waals surface area contributed by atoms with Gasteiger partial charge in [0.1, 0.15) is 0 Å². The minimum atomic E-state index is -3.70. The first-order chi connectivity index (χ1) is 12.0. The summed E-state index contributed by atoms with van der Waals surface area (Å²) in [7, 11) is -3.70. The third-order valence-corrected chi connectivity index (χ3v) is 5.49. The Balaban J connectivity index is 1.69. The monoisotopic (exact) mass is 427 g/mol. The van der Waals surface area contributed by atoms with Crippen molar-refractivity contribution in [3.8, 4) is 0 Å². The first-order valence-electron chi connectivity index (χ1n) is 7.69. The number of nitrogens with one attached hydrogen (secondary N) is 1. The molecule has 1 fully saturated rings. The van der Waals surface area contributed by atoms with Crippen molar-refractivity contribution in [1.82, 2.24) is 4.83 Å². The maximum absolute atomic E-state index is 12.2. The lowest BCUT2D eigenvalue weighted by molar-refractivity contribution is 0.120. The quantitative estimate of drug-likeness (QED) is 0.585. The van der Waals surface area contributed by atoms with E-state index < -0.39 is 10.0 Å². The molecular weight excluding hydrogens is 410 g/mol. The molecule has 134 valence electrons. The standard InChI is InChI=1S/C16H18BrN3O4S/c1-12-2-4-14(5-3-12)25(21,22)19-18-11-13-10-15(17)16(24-13)20-6-8-23-9-7-20/h2-5,10-11,19H,6-9H2,1H3/b18-11-. The molecule has 25 heavy (non-hydrogen) atoms. The Morgan fingerprint density at radius 2 is 1.92 bits per heavy atom. The van der Waals surface area contributed by atoms with Crippen LogP contribution in [0.3, 0.4) is 0 Å². The average Bonchev–Trinajstić information content (AvgIpc) is 2.96. The molecule has 2 aromatic rings. The van der Waals surface area contributed by atoms with Crippen LogP contribution in [-0.2, 0) is 14.8 Å². The maximum atomic E-state index is 12.2. The molecule has 1 aromatic heterocycles. The van der Waals surface area contributed by atoms with Crippen molar-refractivity contribution in [2.45, 2.75) is 11.8 Å². The molecule has 0 saturated carbocycles. The molecule has 0 spiro atoms. The molecule has 0 atom stereocenters. The molecule has 1 saturated heterocycles. The number of halogens is 1. The number of furan rings is 1. The molecular formula is C16H18BrN3O4S. The second-order valence-electron chi connectivity index (χ2n) is 5.57. The van der Waals surface area contributed by atoms with Gasteiger partial charge in [-0.15, -0.1) is 0 Å². The van der Waals surface area contributed by atoms with Crippen molar-refractivity contribution in [3.05, 3.63) is 46.1 Å². The lowest BCUT2D eigenvalue weighted by Crippen LogP contribution is -2.36. The molecule has 7 nitrogen and oxygen atoms in total. The van der Waals surface area contributed by atoms with E-state index in [1.807, 2.05) is 6.92 Å². The van der Waals surface area contributed by atoms with Gasteiger partial charge in [0.25, 0.3) is 10.0 Å². The molecule has 1 aromatic carbocycles. The summed E-state index contributed by atoms with van der Waals surface area (Å²) in [4.78, 5) is 4.40. The second kappa shape index (κ2) is 7.59. The molecule has 0 amide bonds. The van der Waals surface area contributed by atoms with Crippen molar-refractivity contribution >= 4 is 38.1 Å². The van der Waals surface area contributed by atoms with Gasteiger partial charge in [0.2, 0.25) is 5.88 Å².